The third-order valence-electron chi connectivity index (χ3n) is 4.51. The Labute approximate surface area is 138 Å². The molecule has 2 unspecified atom stereocenters. The van der Waals surface area contributed by atoms with Gasteiger partial charge in [0.05, 0.1) is 21.0 Å². The first-order valence-corrected chi connectivity index (χ1v) is 9.62. The Morgan fingerprint density at radius 3 is 2.62 bits per heavy atom. The Bertz CT molecular complexity index is 746. The second kappa shape index (κ2) is 6.11. The second-order valence-electron chi connectivity index (χ2n) is 6.36. The Hall–Kier alpha value is -1.48. The summed E-state index contributed by atoms with van der Waals surface area (Å²) < 4.78 is 54.4. The number of rotatable bonds is 1. The summed E-state index contributed by atoms with van der Waals surface area (Å²) >= 11 is 0. The van der Waals surface area contributed by atoms with E-state index in [9.17, 15) is 22.2 Å². The van der Waals surface area contributed by atoms with Gasteiger partial charge in [-0.05, 0) is 44.4 Å². The molecule has 24 heavy (non-hydrogen) atoms. The highest BCUT2D eigenvalue weighted by atomic mass is 32.2. The van der Waals surface area contributed by atoms with E-state index >= 15 is 0 Å². The van der Waals surface area contributed by atoms with E-state index in [-0.39, 0.29) is 11.2 Å². The van der Waals surface area contributed by atoms with E-state index in [1.807, 2.05) is 0 Å². The van der Waals surface area contributed by atoms with Crippen LogP contribution >= 0.6 is 0 Å². The van der Waals surface area contributed by atoms with Crippen LogP contribution in [0.3, 0.4) is 0 Å². The summed E-state index contributed by atoms with van der Waals surface area (Å²) in [7, 11) is -2.72. The van der Waals surface area contributed by atoms with E-state index in [4.69, 9.17) is 0 Å². The molecule has 0 bridgehead atoms. The van der Waals surface area contributed by atoms with Crippen LogP contribution in [0, 0.1) is 0 Å². The van der Waals surface area contributed by atoms with Crippen LogP contribution in [0.15, 0.2) is 22.7 Å². The van der Waals surface area contributed by atoms with Gasteiger partial charge in [0.25, 0.3) is 0 Å². The SMILES string of the molecule is O=C(N=S1(=O)CCCC2(CCCN2)C1)c1ccc(C(F)(F)F)cn1. The van der Waals surface area contributed by atoms with Gasteiger partial charge in [-0.1, -0.05) is 0 Å². The molecule has 0 saturated carbocycles. The number of aromatic nitrogens is 1. The molecule has 3 rings (SSSR count). The topological polar surface area (TPSA) is 71.4 Å². The zero-order valence-corrected chi connectivity index (χ0v) is 13.8. The molecule has 0 aliphatic carbocycles. The molecule has 132 valence electrons. The molecule has 2 aliphatic heterocycles. The summed E-state index contributed by atoms with van der Waals surface area (Å²) in [5, 5.41) is 3.37. The minimum atomic E-state index is -4.51. The quantitative estimate of drug-likeness (QED) is 0.835. The standard InChI is InChI=1S/C15H18F3N3O2S/c16-15(17,18)11-3-4-12(19-9-11)13(22)21-24(23)8-2-6-14(10-24)5-1-7-20-14/h3-4,9,20H,1-2,5-8,10H2. The zero-order chi connectivity index (χ0) is 17.4. The molecule has 5 nitrogen and oxygen atoms in total. The van der Waals surface area contributed by atoms with Gasteiger partial charge >= 0.3 is 12.1 Å². The van der Waals surface area contributed by atoms with Crippen LogP contribution in [0.4, 0.5) is 13.2 Å². The van der Waals surface area contributed by atoms with Crippen LogP contribution in [0.5, 0.6) is 0 Å². The van der Waals surface area contributed by atoms with Gasteiger partial charge in [-0.15, -0.1) is 0 Å². The van der Waals surface area contributed by atoms with E-state index in [0.717, 1.165) is 37.9 Å². The molecule has 3 heterocycles. The van der Waals surface area contributed by atoms with Crippen molar-refractivity contribution in [3.63, 3.8) is 0 Å². The van der Waals surface area contributed by atoms with Gasteiger partial charge < -0.3 is 5.32 Å². The van der Waals surface area contributed by atoms with Crippen molar-refractivity contribution < 1.29 is 22.2 Å². The van der Waals surface area contributed by atoms with E-state index in [0.29, 0.717) is 24.1 Å². The smallest absolute Gasteiger partial charge is 0.310 e. The van der Waals surface area contributed by atoms with Crippen LogP contribution in [0.1, 0.15) is 41.7 Å². The number of nitrogens with one attached hydrogen (secondary N) is 1. The minimum Gasteiger partial charge on any atom is -0.310 e. The summed E-state index contributed by atoms with van der Waals surface area (Å²) in [6.45, 7) is 0.865. The maximum absolute atomic E-state index is 12.9. The van der Waals surface area contributed by atoms with E-state index in [2.05, 4.69) is 14.7 Å². The average Bonchev–Trinajstić information content (AvgIpc) is 2.93. The molecule has 2 aliphatic rings. The summed E-state index contributed by atoms with van der Waals surface area (Å²) in [6.07, 6.45) is -0.386. The first-order valence-electron chi connectivity index (χ1n) is 7.77. The van der Waals surface area contributed by atoms with Crippen molar-refractivity contribution in [3.8, 4) is 0 Å². The predicted molar refractivity (Wildman–Crippen MR) is 83.1 cm³/mol. The van der Waals surface area contributed by atoms with Crippen molar-refractivity contribution in [1.29, 1.82) is 0 Å². The maximum Gasteiger partial charge on any atom is 0.417 e. The van der Waals surface area contributed by atoms with Crippen molar-refractivity contribution in [2.24, 2.45) is 4.36 Å². The van der Waals surface area contributed by atoms with Crippen LogP contribution in [0.25, 0.3) is 0 Å². The van der Waals surface area contributed by atoms with Crippen LogP contribution in [-0.4, -0.2) is 38.7 Å². The number of halogens is 3. The second-order valence-corrected chi connectivity index (χ2v) is 8.79. The Morgan fingerprint density at radius 1 is 1.29 bits per heavy atom. The van der Waals surface area contributed by atoms with E-state index < -0.39 is 27.4 Å². The fraction of sp³-hybridized carbons (Fsp3) is 0.600. The van der Waals surface area contributed by atoms with E-state index in [1.54, 1.807) is 0 Å². The normalized spacial score (nSPS) is 30.5. The lowest BCUT2D eigenvalue weighted by atomic mass is 9.94. The highest BCUT2D eigenvalue weighted by Crippen LogP contribution is 2.32. The monoisotopic (exact) mass is 361 g/mol. The number of alkyl halides is 3. The van der Waals surface area contributed by atoms with Crippen molar-refractivity contribution in [1.82, 2.24) is 10.3 Å². The van der Waals surface area contributed by atoms with Gasteiger partial charge in [-0.2, -0.15) is 17.5 Å². The van der Waals surface area contributed by atoms with Gasteiger partial charge in [-0.3, -0.25) is 9.78 Å². The fourth-order valence-electron chi connectivity index (χ4n) is 3.38. The number of pyridine rings is 1. The highest BCUT2D eigenvalue weighted by Gasteiger charge is 2.40. The van der Waals surface area contributed by atoms with E-state index in [1.165, 1.54) is 0 Å². The molecule has 2 fully saturated rings. The molecule has 1 amide bonds. The average molecular weight is 361 g/mol. The Morgan fingerprint density at radius 2 is 2.04 bits per heavy atom. The van der Waals surface area contributed by atoms with Crippen molar-refractivity contribution in [3.05, 3.63) is 29.6 Å². The largest absolute Gasteiger partial charge is 0.417 e. The third kappa shape index (κ3) is 3.61. The van der Waals surface area contributed by atoms with Gasteiger partial charge in [-0.25, -0.2) is 4.21 Å². The lowest BCUT2D eigenvalue weighted by Gasteiger charge is -2.35. The lowest BCUT2D eigenvalue weighted by molar-refractivity contribution is -0.137. The minimum absolute atomic E-state index is 0.216. The van der Waals surface area contributed by atoms with Crippen LogP contribution in [-0.2, 0) is 15.9 Å². The van der Waals surface area contributed by atoms with Crippen LogP contribution < -0.4 is 5.32 Å². The number of carbonyl (C=O) groups is 1. The fourth-order valence-corrected chi connectivity index (χ4v) is 5.93. The Balaban J connectivity index is 1.82. The molecule has 9 heteroatoms. The van der Waals surface area contributed by atoms with Crippen molar-refractivity contribution in [2.45, 2.75) is 37.4 Å². The molecule has 1 N–H and O–H groups in total. The molecule has 1 aromatic rings. The number of amides is 1. The van der Waals surface area contributed by atoms with Crippen LogP contribution in [0.2, 0.25) is 0 Å². The molecule has 1 spiro atoms. The molecular weight excluding hydrogens is 343 g/mol. The lowest BCUT2D eigenvalue weighted by Crippen LogP contribution is -2.49. The van der Waals surface area contributed by atoms with Crippen molar-refractivity contribution >= 4 is 15.6 Å². The highest BCUT2D eigenvalue weighted by molar-refractivity contribution is 7.94. The number of carbonyl (C=O) groups excluding carboxylic acids is 1. The first kappa shape index (κ1) is 17.3. The summed E-state index contributed by atoms with van der Waals surface area (Å²) in [6, 6.07) is 1.76. The number of nitrogens with zero attached hydrogens (tertiary/aromatic N) is 2. The van der Waals surface area contributed by atoms with Crippen molar-refractivity contribution in [2.75, 3.05) is 18.1 Å². The molecule has 0 aromatic carbocycles. The van der Waals surface area contributed by atoms with Gasteiger partial charge in [0.1, 0.15) is 5.69 Å². The number of hydrogen-bond donors (Lipinski definition) is 1. The Kier molecular flexibility index (Phi) is 4.41. The third-order valence-corrected chi connectivity index (χ3v) is 6.94. The molecule has 1 aromatic heterocycles. The van der Waals surface area contributed by atoms with Gasteiger partial charge in [0, 0.05) is 17.5 Å². The predicted octanol–water partition coefficient (Wildman–Crippen LogP) is 2.62. The summed E-state index contributed by atoms with van der Waals surface area (Å²) in [4.78, 5) is 15.7. The van der Waals surface area contributed by atoms with Gasteiger partial charge in [0.2, 0.25) is 0 Å². The number of hydrogen-bond acceptors (Lipinski definition) is 4. The summed E-state index contributed by atoms with van der Waals surface area (Å²) in [5.74, 6) is -0.168. The molecule has 0 radical (unpaired) electrons. The maximum atomic E-state index is 12.9. The summed E-state index contributed by atoms with van der Waals surface area (Å²) in [5.41, 5.74) is -1.37. The molecular formula is C15H18F3N3O2S. The zero-order valence-electron chi connectivity index (χ0n) is 12.9. The first-order chi connectivity index (χ1) is 11.2. The molecule has 2 saturated heterocycles. The molecule has 2 atom stereocenters. The van der Waals surface area contributed by atoms with Gasteiger partial charge in [0.15, 0.2) is 0 Å².